The van der Waals surface area contributed by atoms with Gasteiger partial charge in [-0.2, -0.15) is 0 Å². The van der Waals surface area contributed by atoms with Crippen LogP contribution in [0.15, 0.2) is 36.4 Å². The lowest BCUT2D eigenvalue weighted by molar-refractivity contribution is -0.142. The van der Waals surface area contributed by atoms with Gasteiger partial charge >= 0.3 is 0 Å². The number of carbonyl (C=O) groups excluding carboxylic acids is 2. The number of unbranched alkanes of at least 4 members (excludes halogenated alkanes) is 1. The molecule has 0 bridgehead atoms. The highest BCUT2D eigenvalue weighted by molar-refractivity contribution is 6.30. The normalized spacial score (nSPS) is 24.8. The molecular formula is C25H34ClN3O3. The maximum atomic E-state index is 12.9. The highest BCUT2D eigenvalue weighted by Gasteiger charge is 2.47. The fourth-order valence-corrected chi connectivity index (χ4v) is 5.14. The maximum absolute atomic E-state index is 12.9. The van der Waals surface area contributed by atoms with Crippen LogP contribution in [-0.4, -0.2) is 73.6 Å². The Morgan fingerprint density at radius 1 is 1.03 bits per heavy atom. The zero-order valence-electron chi connectivity index (χ0n) is 18.9. The third kappa shape index (κ3) is 5.36. The van der Waals surface area contributed by atoms with Crippen molar-refractivity contribution < 1.29 is 14.3 Å². The summed E-state index contributed by atoms with van der Waals surface area (Å²) >= 11 is 6.15. The van der Waals surface area contributed by atoms with Gasteiger partial charge in [0.05, 0.1) is 24.5 Å². The second kappa shape index (κ2) is 10.8. The van der Waals surface area contributed by atoms with E-state index in [0.717, 1.165) is 56.3 Å². The van der Waals surface area contributed by atoms with Gasteiger partial charge in [-0.1, -0.05) is 43.2 Å². The van der Waals surface area contributed by atoms with E-state index in [-0.39, 0.29) is 29.8 Å². The molecule has 4 rings (SSSR count). The number of hydrogen-bond acceptors (Lipinski definition) is 5. The number of benzene rings is 1. The molecule has 2 aliphatic heterocycles. The lowest BCUT2D eigenvalue weighted by atomic mass is 9.85. The van der Waals surface area contributed by atoms with Crippen LogP contribution in [0, 0.1) is 11.8 Å². The standard InChI is InChI=1S/C25H34ClN3O3/c1-2-3-15-32-21(18-29-24(30)22-9-4-5-10-23(22)25(29)31)17-27-11-13-28(14-12-27)20-8-6-7-19(26)16-20/h4-8,16,21-23H,2-3,9-15,17-18H2,1H3/t21?,22-,23+. The molecule has 2 heterocycles. The Labute approximate surface area is 196 Å². The zero-order valence-corrected chi connectivity index (χ0v) is 19.7. The topological polar surface area (TPSA) is 53.1 Å². The van der Waals surface area contributed by atoms with E-state index in [4.69, 9.17) is 16.3 Å². The average molecular weight is 460 g/mol. The molecule has 0 aromatic heterocycles. The van der Waals surface area contributed by atoms with Crippen LogP contribution in [0.3, 0.4) is 0 Å². The number of allylic oxidation sites excluding steroid dienone is 2. The van der Waals surface area contributed by atoms with Crippen molar-refractivity contribution in [1.82, 2.24) is 9.80 Å². The van der Waals surface area contributed by atoms with E-state index in [1.807, 2.05) is 30.4 Å². The monoisotopic (exact) mass is 459 g/mol. The Hall–Kier alpha value is -1.89. The molecule has 1 aliphatic carbocycles. The van der Waals surface area contributed by atoms with E-state index >= 15 is 0 Å². The summed E-state index contributed by atoms with van der Waals surface area (Å²) in [7, 11) is 0. The van der Waals surface area contributed by atoms with Gasteiger partial charge < -0.3 is 9.64 Å². The Balaban J connectivity index is 1.35. The molecule has 1 unspecified atom stereocenters. The van der Waals surface area contributed by atoms with Crippen molar-refractivity contribution in [3.63, 3.8) is 0 Å². The first kappa shape index (κ1) is 23.3. The molecule has 3 aliphatic rings. The Morgan fingerprint density at radius 2 is 1.72 bits per heavy atom. The number of ether oxygens (including phenoxy) is 1. The van der Waals surface area contributed by atoms with Gasteiger partial charge in [0.2, 0.25) is 11.8 Å². The van der Waals surface area contributed by atoms with E-state index in [1.165, 1.54) is 4.90 Å². The number of piperazine rings is 1. The molecule has 0 spiro atoms. The number of hydrogen-bond donors (Lipinski definition) is 0. The van der Waals surface area contributed by atoms with E-state index in [1.54, 1.807) is 0 Å². The Morgan fingerprint density at radius 3 is 2.34 bits per heavy atom. The summed E-state index contributed by atoms with van der Waals surface area (Å²) < 4.78 is 6.19. The van der Waals surface area contributed by atoms with Gasteiger partial charge in [0, 0.05) is 50.0 Å². The summed E-state index contributed by atoms with van der Waals surface area (Å²) in [6, 6.07) is 7.98. The Kier molecular flexibility index (Phi) is 7.87. The average Bonchev–Trinajstić information content (AvgIpc) is 3.05. The van der Waals surface area contributed by atoms with Gasteiger partial charge in [-0.25, -0.2) is 0 Å². The summed E-state index contributed by atoms with van der Waals surface area (Å²) in [6.45, 7) is 7.56. The molecule has 32 heavy (non-hydrogen) atoms. The van der Waals surface area contributed by atoms with Crippen molar-refractivity contribution in [3.05, 3.63) is 41.4 Å². The minimum atomic E-state index is -0.176. The molecule has 7 heteroatoms. The first-order valence-corrected chi connectivity index (χ1v) is 12.3. The molecule has 1 aromatic rings. The second-order valence-corrected chi connectivity index (χ2v) is 9.49. The minimum absolute atomic E-state index is 0.0146. The summed E-state index contributed by atoms with van der Waals surface area (Å²) in [6.07, 6.45) is 7.31. The number of amides is 2. The third-order valence-electron chi connectivity index (χ3n) is 6.84. The lowest BCUT2D eigenvalue weighted by Crippen LogP contribution is -2.51. The van der Waals surface area contributed by atoms with E-state index in [0.29, 0.717) is 26.0 Å². The van der Waals surface area contributed by atoms with Gasteiger partial charge in [-0.15, -0.1) is 0 Å². The highest BCUT2D eigenvalue weighted by atomic mass is 35.5. The number of nitrogens with zero attached hydrogens (tertiary/aromatic N) is 3. The van der Waals surface area contributed by atoms with Crippen molar-refractivity contribution >= 4 is 29.1 Å². The van der Waals surface area contributed by atoms with Crippen molar-refractivity contribution in [1.29, 1.82) is 0 Å². The van der Waals surface area contributed by atoms with Gasteiger partial charge in [0.25, 0.3) is 0 Å². The lowest BCUT2D eigenvalue weighted by Gasteiger charge is -2.38. The van der Waals surface area contributed by atoms with Gasteiger partial charge in [0.1, 0.15) is 0 Å². The summed E-state index contributed by atoms with van der Waals surface area (Å²) in [5, 5.41) is 0.755. The molecule has 0 radical (unpaired) electrons. The quantitative estimate of drug-likeness (QED) is 0.321. The smallest absolute Gasteiger partial charge is 0.233 e. The molecule has 2 saturated heterocycles. The van der Waals surface area contributed by atoms with Crippen molar-refractivity contribution in [2.45, 2.75) is 38.7 Å². The van der Waals surface area contributed by atoms with Crippen LogP contribution in [-0.2, 0) is 14.3 Å². The fraction of sp³-hybridized carbons (Fsp3) is 0.600. The summed E-state index contributed by atoms with van der Waals surface area (Å²) in [5.74, 6) is -0.381. The third-order valence-corrected chi connectivity index (χ3v) is 7.08. The number of halogens is 1. The van der Waals surface area contributed by atoms with E-state index in [9.17, 15) is 9.59 Å². The van der Waals surface area contributed by atoms with Crippen molar-refractivity contribution in [2.75, 3.05) is 50.8 Å². The number of likely N-dealkylation sites (tertiary alicyclic amines) is 1. The minimum Gasteiger partial charge on any atom is -0.375 e. The molecule has 3 atom stereocenters. The number of anilines is 1. The predicted molar refractivity (Wildman–Crippen MR) is 127 cm³/mol. The van der Waals surface area contributed by atoms with Crippen LogP contribution < -0.4 is 4.90 Å². The van der Waals surface area contributed by atoms with Crippen LogP contribution in [0.4, 0.5) is 5.69 Å². The van der Waals surface area contributed by atoms with Crippen LogP contribution in [0.5, 0.6) is 0 Å². The van der Waals surface area contributed by atoms with Gasteiger partial charge in [0.15, 0.2) is 0 Å². The van der Waals surface area contributed by atoms with Crippen LogP contribution in [0.2, 0.25) is 5.02 Å². The molecule has 2 fully saturated rings. The first-order valence-electron chi connectivity index (χ1n) is 11.9. The van der Waals surface area contributed by atoms with Crippen molar-refractivity contribution in [2.24, 2.45) is 11.8 Å². The summed E-state index contributed by atoms with van der Waals surface area (Å²) in [5.41, 5.74) is 1.15. The van der Waals surface area contributed by atoms with E-state index in [2.05, 4.69) is 22.8 Å². The molecular weight excluding hydrogens is 426 g/mol. The second-order valence-electron chi connectivity index (χ2n) is 9.06. The fourth-order valence-electron chi connectivity index (χ4n) is 4.96. The van der Waals surface area contributed by atoms with Crippen LogP contribution >= 0.6 is 11.6 Å². The predicted octanol–water partition coefficient (Wildman–Crippen LogP) is 3.60. The van der Waals surface area contributed by atoms with Crippen molar-refractivity contribution in [3.8, 4) is 0 Å². The molecule has 174 valence electrons. The largest absolute Gasteiger partial charge is 0.375 e. The van der Waals surface area contributed by atoms with Crippen LogP contribution in [0.1, 0.15) is 32.6 Å². The van der Waals surface area contributed by atoms with Gasteiger partial charge in [-0.05, 0) is 37.5 Å². The number of carbonyl (C=O) groups is 2. The summed E-state index contributed by atoms with van der Waals surface area (Å²) in [4.78, 5) is 32.1. The van der Waals surface area contributed by atoms with Crippen LogP contribution in [0.25, 0.3) is 0 Å². The SMILES string of the molecule is CCCCOC(CN1CCN(c2cccc(Cl)c2)CC1)CN1C(=O)[C@H]2CC=CC[C@H]2C1=O. The van der Waals surface area contributed by atoms with Gasteiger partial charge in [-0.3, -0.25) is 19.4 Å². The maximum Gasteiger partial charge on any atom is 0.233 e. The van der Waals surface area contributed by atoms with E-state index < -0.39 is 0 Å². The molecule has 0 N–H and O–H groups in total. The number of fused-ring (bicyclic) bond motifs is 1. The Bertz CT molecular complexity index is 811. The number of imide groups is 1. The highest BCUT2D eigenvalue weighted by Crippen LogP contribution is 2.35. The first-order chi connectivity index (χ1) is 15.6. The molecule has 1 aromatic carbocycles. The number of rotatable bonds is 9. The molecule has 6 nitrogen and oxygen atoms in total. The molecule has 0 saturated carbocycles. The zero-order chi connectivity index (χ0) is 22.5. The molecule has 2 amide bonds.